The number of aliphatic hydroxyl groups is 1. The summed E-state index contributed by atoms with van der Waals surface area (Å²) in [6, 6.07) is 1.79. The third-order valence-electron chi connectivity index (χ3n) is 2.48. The number of imidazole rings is 1. The fraction of sp³-hybridized carbons (Fsp3) is 0.400. The Hall–Kier alpha value is -1.14. The summed E-state index contributed by atoms with van der Waals surface area (Å²) in [6.45, 7) is 3.44. The van der Waals surface area contributed by atoms with Gasteiger partial charge >= 0.3 is 5.69 Å². The van der Waals surface area contributed by atoms with E-state index in [1.165, 1.54) is 4.57 Å². The second-order valence-corrected chi connectivity index (χ2v) is 5.18. The molecule has 0 aromatic carbocycles. The molecular weight excluding hydrogens is 274 g/mol. The van der Waals surface area contributed by atoms with Crippen LogP contribution in [0.5, 0.6) is 0 Å². The van der Waals surface area contributed by atoms with Crippen LogP contribution in [-0.4, -0.2) is 26.2 Å². The average molecular weight is 286 g/mol. The molecule has 16 heavy (non-hydrogen) atoms. The molecule has 0 radical (unpaired) electrons. The molecule has 0 amide bonds. The van der Waals surface area contributed by atoms with Crippen LogP contribution < -0.4 is 5.69 Å². The van der Waals surface area contributed by atoms with E-state index in [2.05, 4.69) is 25.9 Å². The quantitative estimate of drug-likeness (QED) is 0.871. The third kappa shape index (κ3) is 1.68. The van der Waals surface area contributed by atoms with Crippen molar-refractivity contribution in [1.29, 1.82) is 0 Å². The summed E-state index contributed by atoms with van der Waals surface area (Å²) in [5, 5.41) is 9.29. The molecule has 0 unspecified atom stereocenters. The van der Waals surface area contributed by atoms with E-state index < -0.39 is 5.54 Å². The second kappa shape index (κ2) is 3.71. The summed E-state index contributed by atoms with van der Waals surface area (Å²) >= 11 is 3.29. The van der Waals surface area contributed by atoms with Gasteiger partial charge in [0.15, 0.2) is 5.65 Å². The van der Waals surface area contributed by atoms with Crippen molar-refractivity contribution in [3.8, 4) is 0 Å². The fourth-order valence-corrected chi connectivity index (χ4v) is 1.93. The number of aromatic amines is 1. The molecule has 0 aliphatic carbocycles. The Kier molecular flexibility index (Phi) is 2.63. The van der Waals surface area contributed by atoms with E-state index in [0.29, 0.717) is 11.2 Å². The van der Waals surface area contributed by atoms with Crippen molar-refractivity contribution in [3.63, 3.8) is 0 Å². The molecule has 0 saturated carbocycles. The SMILES string of the molecule is CC(C)(CO)n1c(=O)[nH]c2cc(Br)cnc21. The van der Waals surface area contributed by atoms with Gasteiger partial charge in [-0.05, 0) is 35.8 Å². The van der Waals surface area contributed by atoms with Gasteiger partial charge in [0.1, 0.15) is 0 Å². The molecule has 86 valence electrons. The van der Waals surface area contributed by atoms with Crippen LogP contribution in [0.25, 0.3) is 11.2 Å². The highest BCUT2D eigenvalue weighted by Gasteiger charge is 2.24. The van der Waals surface area contributed by atoms with Crippen LogP contribution in [0.15, 0.2) is 21.5 Å². The number of fused-ring (bicyclic) bond motifs is 1. The number of H-pyrrole nitrogens is 1. The number of nitrogens with one attached hydrogen (secondary N) is 1. The molecule has 2 heterocycles. The number of rotatable bonds is 2. The Morgan fingerprint density at radius 2 is 2.31 bits per heavy atom. The largest absolute Gasteiger partial charge is 0.394 e. The van der Waals surface area contributed by atoms with Gasteiger partial charge in [-0.1, -0.05) is 0 Å². The number of hydrogen-bond donors (Lipinski definition) is 2. The van der Waals surface area contributed by atoms with Gasteiger partial charge in [0.05, 0.1) is 17.7 Å². The van der Waals surface area contributed by atoms with Gasteiger partial charge in [0.2, 0.25) is 0 Å². The van der Waals surface area contributed by atoms with Crippen molar-refractivity contribution in [2.45, 2.75) is 19.4 Å². The minimum Gasteiger partial charge on any atom is -0.394 e. The normalized spacial score (nSPS) is 12.2. The van der Waals surface area contributed by atoms with Crippen LogP contribution in [0.2, 0.25) is 0 Å². The van der Waals surface area contributed by atoms with Gasteiger partial charge in [-0.15, -0.1) is 0 Å². The van der Waals surface area contributed by atoms with Crippen molar-refractivity contribution in [1.82, 2.24) is 14.5 Å². The second-order valence-electron chi connectivity index (χ2n) is 4.26. The van der Waals surface area contributed by atoms with Crippen molar-refractivity contribution >= 4 is 27.1 Å². The number of nitrogens with zero attached hydrogens (tertiary/aromatic N) is 2. The molecule has 6 heteroatoms. The van der Waals surface area contributed by atoms with Crippen LogP contribution >= 0.6 is 15.9 Å². The maximum Gasteiger partial charge on any atom is 0.328 e. The highest BCUT2D eigenvalue weighted by Crippen LogP contribution is 2.20. The summed E-state index contributed by atoms with van der Waals surface area (Å²) < 4.78 is 2.27. The molecule has 0 spiro atoms. The monoisotopic (exact) mass is 285 g/mol. The minimum absolute atomic E-state index is 0.127. The number of halogens is 1. The molecule has 5 nitrogen and oxygen atoms in total. The number of aliphatic hydroxyl groups excluding tert-OH is 1. The predicted octanol–water partition coefficient (Wildman–Crippen LogP) is 1.21. The number of pyridine rings is 1. The lowest BCUT2D eigenvalue weighted by molar-refractivity contribution is 0.164. The lowest BCUT2D eigenvalue weighted by atomic mass is 10.1. The zero-order valence-electron chi connectivity index (χ0n) is 8.99. The molecule has 0 aliphatic heterocycles. The van der Waals surface area contributed by atoms with E-state index in [4.69, 9.17) is 0 Å². The molecule has 2 N–H and O–H groups in total. The van der Waals surface area contributed by atoms with Crippen LogP contribution in [0.1, 0.15) is 13.8 Å². The van der Waals surface area contributed by atoms with E-state index in [1.807, 2.05) is 0 Å². The van der Waals surface area contributed by atoms with E-state index in [1.54, 1.807) is 26.1 Å². The Balaban J connectivity index is 2.80. The lowest BCUT2D eigenvalue weighted by Gasteiger charge is -2.22. The van der Waals surface area contributed by atoms with Crippen molar-refractivity contribution < 1.29 is 5.11 Å². The summed E-state index contributed by atoms with van der Waals surface area (Å²) in [5.74, 6) is 0. The van der Waals surface area contributed by atoms with Gasteiger partial charge < -0.3 is 10.1 Å². The van der Waals surface area contributed by atoms with E-state index >= 15 is 0 Å². The molecule has 0 bridgehead atoms. The van der Waals surface area contributed by atoms with Crippen LogP contribution in [-0.2, 0) is 5.54 Å². The molecule has 0 atom stereocenters. The Morgan fingerprint density at radius 3 is 2.94 bits per heavy atom. The summed E-state index contributed by atoms with van der Waals surface area (Å²) in [7, 11) is 0. The maximum atomic E-state index is 11.8. The summed E-state index contributed by atoms with van der Waals surface area (Å²) in [4.78, 5) is 18.7. The molecule has 2 rings (SSSR count). The first-order valence-electron chi connectivity index (χ1n) is 4.83. The molecular formula is C10H12BrN3O2. The highest BCUT2D eigenvalue weighted by atomic mass is 79.9. The van der Waals surface area contributed by atoms with Gasteiger partial charge in [-0.25, -0.2) is 9.78 Å². The first-order chi connectivity index (χ1) is 7.45. The Morgan fingerprint density at radius 1 is 1.62 bits per heavy atom. The van der Waals surface area contributed by atoms with Gasteiger partial charge in [0, 0.05) is 10.7 Å². The standard InChI is InChI=1S/C10H12BrN3O2/c1-10(2,5-15)14-8-7(13-9(14)16)3-6(11)4-12-8/h3-4,15H,5H2,1-2H3,(H,13,16). The van der Waals surface area contributed by atoms with Crippen LogP contribution in [0.4, 0.5) is 0 Å². The molecule has 2 aromatic heterocycles. The van der Waals surface area contributed by atoms with Crippen molar-refractivity contribution in [3.05, 3.63) is 27.2 Å². The Labute approximate surface area is 100 Å². The van der Waals surface area contributed by atoms with Gasteiger partial charge in [-0.3, -0.25) is 4.57 Å². The average Bonchev–Trinajstić information content (AvgIpc) is 2.53. The number of hydrogen-bond acceptors (Lipinski definition) is 3. The molecule has 0 saturated heterocycles. The van der Waals surface area contributed by atoms with Crippen LogP contribution in [0.3, 0.4) is 0 Å². The first kappa shape index (κ1) is 11.3. The van der Waals surface area contributed by atoms with Gasteiger partial charge in [-0.2, -0.15) is 0 Å². The topological polar surface area (TPSA) is 70.9 Å². The third-order valence-corrected chi connectivity index (χ3v) is 2.92. The molecule has 0 aliphatic rings. The first-order valence-corrected chi connectivity index (χ1v) is 5.62. The highest BCUT2D eigenvalue weighted by molar-refractivity contribution is 9.10. The van der Waals surface area contributed by atoms with E-state index in [9.17, 15) is 9.90 Å². The smallest absolute Gasteiger partial charge is 0.328 e. The summed E-state index contributed by atoms with van der Waals surface area (Å²) in [6.07, 6.45) is 1.62. The maximum absolute atomic E-state index is 11.8. The Bertz CT molecular complexity index is 585. The van der Waals surface area contributed by atoms with E-state index in [0.717, 1.165) is 4.47 Å². The van der Waals surface area contributed by atoms with Crippen molar-refractivity contribution in [2.75, 3.05) is 6.61 Å². The number of aromatic nitrogens is 3. The zero-order valence-corrected chi connectivity index (χ0v) is 10.6. The minimum atomic E-state index is -0.670. The molecule has 0 fully saturated rings. The molecule has 2 aromatic rings. The zero-order chi connectivity index (χ0) is 11.9. The van der Waals surface area contributed by atoms with Gasteiger partial charge in [0.25, 0.3) is 0 Å². The predicted molar refractivity (Wildman–Crippen MR) is 64.5 cm³/mol. The summed E-state index contributed by atoms with van der Waals surface area (Å²) in [5.41, 5.74) is 0.267. The van der Waals surface area contributed by atoms with E-state index in [-0.39, 0.29) is 12.3 Å². The van der Waals surface area contributed by atoms with Crippen molar-refractivity contribution in [2.24, 2.45) is 0 Å². The lowest BCUT2D eigenvalue weighted by Crippen LogP contribution is -2.37. The fourth-order valence-electron chi connectivity index (χ4n) is 1.60. The van der Waals surface area contributed by atoms with Crippen LogP contribution in [0, 0.1) is 0 Å².